The minimum absolute atomic E-state index is 0.0129. The number of hydrogen-bond donors (Lipinski definition) is 2. The van der Waals surface area contributed by atoms with E-state index < -0.39 is 11.8 Å². The zero-order valence-electron chi connectivity index (χ0n) is 14.1. The molecule has 1 aromatic rings. The SMILES string of the molecule is Cc1ccc(N2C(=O)[C@H](C=N[C@@H]3CCCC[C@@H]3N)C(=O)NC2=S)cc1. The number of nitrogens with zero attached hydrogens (tertiary/aromatic N) is 2. The van der Waals surface area contributed by atoms with E-state index >= 15 is 0 Å². The number of hydrogen-bond acceptors (Lipinski definition) is 5. The molecule has 2 amide bonds. The molecule has 1 heterocycles. The summed E-state index contributed by atoms with van der Waals surface area (Å²) >= 11 is 5.19. The second-order valence-corrected chi connectivity index (χ2v) is 6.98. The largest absolute Gasteiger partial charge is 0.326 e. The third kappa shape index (κ3) is 3.77. The van der Waals surface area contributed by atoms with Gasteiger partial charge in [0.2, 0.25) is 5.91 Å². The van der Waals surface area contributed by atoms with E-state index in [0.717, 1.165) is 31.2 Å². The number of nitrogens with two attached hydrogens (primary N) is 1. The number of aliphatic imine (C=N–C) groups is 1. The normalized spacial score (nSPS) is 27.7. The van der Waals surface area contributed by atoms with Crippen LogP contribution in [0.25, 0.3) is 0 Å². The molecule has 0 aromatic heterocycles. The minimum Gasteiger partial charge on any atom is -0.326 e. The van der Waals surface area contributed by atoms with Crippen LogP contribution in [0.1, 0.15) is 31.2 Å². The van der Waals surface area contributed by atoms with Gasteiger partial charge in [-0.3, -0.25) is 19.5 Å². The predicted molar refractivity (Wildman–Crippen MR) is 102 cm³/mol. The van der Waals surface area contributed by atoms with Crippen LogP contribution in [0.3, 0.4) is 0 Å². The maximum Gasteiger partial charge on any atom is 0.251 e. The molecule has 3 N–H and O–H groups in total. The number of anilines is 1. The van der Waals surface area contributed by atoms with Crippen molar-refractivity contribution in [3.05, 3.63) is 29.8 Å². The van der Waals surface area contributed by atoms with E-state index in [1.165, 1.54) is 11.1 Å². The van der Waals surface area contributed by atoms with Gasteiger partial charge in [0.1, 0.15) is 0 Å². The number of nitrogens with one attached hydrogen (secondary N) is 1. The molecule has 1 aliphatic heterocycles. The fraction of sp³-hybridized carbons (Fsp3) is 0.444. The number of carbonyl (C=O) groups excluding carboxylic acids is 2. The highest BCUT2D eigenvalue weighted by atomic mass is 32.1. The molecule has 0 radical (unpaired) electrons. The summed E-state index contributed by atoms with van der Waals surface area (Å²) in [6.07, 6.45) is 5.43. The van der Waals surface area contributed by atoms with Gasteiger partial charge in [-0.25, -0.2) is 0 Å². The summed E-state index contributed by atoms with van der Waals surface area (Å²) in [5, 5.41) is 2.69. The van der Waals surface area contributed by atoms with E-state index in [-0.39, 0.29) is 23.1 Å². The second kappa shape index (κ2) is 7.41. The lowest BCUT2D eigenvalue weighted by atomic mass is 9.91. The number of benzene rings is 1. The van der Waals surface area contributed by atoms with Gasteiger partial charge in [-0.15, -0.1) is 0 Å². The third-order valence-corrected chi connectivity index (χ3v) is 4.99. The predicted octanol–water partition coefficient (Wildman–Crippen LogP) is 1.70. The summed E-state index contributed by atoms with van der Waals surface area (Å²) in [7, 11) is 0. The smallest absolute Gasteiger partial charge is 0.251 e. The molecule has 2 fully saturated rings. The first-order valence-corrected chi connectivity index (χ1v) is 8.92. The van der Waals surface area contributed by atoms with E-state index in [1.807, 2.05) is 31.2 Å². The molecule has 7 heteroatoms. The van der Waals surface area contributed by atoms with Crippen molar-refractivity contribution in [2.45, 2.75) is 44.7 Å². The quantitative estimate of drug-likeness (QED) is 0.489. The van der Waals surface area contributed by atoms with E-state index in [2.05, 4.69) is 10.3 Å². The van der Waals surface area contributed by atoms with Crippen LogP contribution in [-0.4, -0.2) is 35.2 Å². The molecule has 2 aliphatic rings. The van der Waals surface area contributed by atoms with Crippen LogP contribution in [0.5, 0.6) is 0 Å². The Bertz CT molecular complexity index is 716. The van der Waals surface area contributed by atoms with Gasteiger partial charge >= 0.3 is 0 Å². The summed E-state index contributed by atoms with van der Waals surface area (Å²) in [5.74, 6) is -1.81. The van der Waals surface area contributed by atoms with Crippen molar-refractivity contribution in [3.63, 3.8) is 0 Å². The average Bonchev–Trinajstić information content (AvgIpc) is 2.57. The monoisotopic (exact) mass is 358 g/mol. The van der Waals surface area contributed by atoms with Crippen LogP contribution in [0.4, 0.5) is 5.69 Å². The molecule has 0 unspecified atom stereocenters. The first-order valence-electron chi connectivity index (χ1n) is 8.51. The van der Waals surface area contributed by atoms with Gasteiger partial charge in [-0.1, -0.05) is 30.5 Å². The molecular weight excluding hydrogens is 336 g/mol. The Morgan fingerprint density at radius 1 is 1.24 bits per heavy atom. The minimum atomic E-state index is -0.984. The number of carbonyl (C=O) groups is 2. The molecule has 1 saturated heterocycles. The van der Waals surface area contributed by atoms with Crippen molar-refractivity contribution in [3.8, 4) is 0 Å². The highest BCUT2D eigenvalue weighted by Gasteiger charge is 2.38. The van der Waals surface area contributed by atoms with E-state index in [9.17, 15) is 9.59 Å². The van der Waals surface area contributed by atoms with Crippen molar-refractivity contribution in [1.29, 1.82) is 0 Å². The highest BCUT2D eigenvalue weighted by Crippen LogP contribution is 2.22. The molecule has 3 atom stereocenters. The number of amides is 2. The lowest BCUT2D eigenvalue weighted by Crippen LogP contribution is -2.58. The summed E-state index contributed by atoms with van der Waals surface area (Å²) in [6, 6.07) is 7.36. The molecule has 3 rings (SSSR count). The fourth-order valence-corrected chi connectivity index (χ4v) is 3.48. The first kappa shape index (κ1) is 17.7. The van der Waals surface area contributed by atoms with Gasteiger partial charge in [0.05, 0.1) is 11.7 Å². The lowest BCUT2D eigenvalue weighted by molar-refractivity contribution is -0.130. The summed E-state index contributed by atoms with van der Waals surface area (Å²) in [4.78, 5) is 30.9. The van der Waals surface area contributed by atoms with Gasteiger partial charge in [0.15, 0.2) is 11.0 Å². The van der Waals surface area contributed by atoms with Crippen molar-refractivity contribution in [1.82, 2.24) is 5.32 Å². The maximum absolute atomic E-state index is 12.8. The Morgan fingerprint density at radius 3 is 2.60 bits per heavy atom. The van der Waals surface area contributed by atoms with Crippen LogP contribution in [-0.2, 0) is 9.59 Å². The highest BCUT2D eigenvalue weighted by molar-refractivity contribution is 7.80. The fourth-order valence-electron chi connectivity index (χ4n) is 3.18. The average molecular weight is 358 g/mol. The second-order valence-electron chi connectivity index (χ2n) is 6.60. The van der Waals surface area contributed by atoms with Gasteiger partial charge in [0.25, 0.3) is 5.91 Å². The van der Waals surface area contributed by atoms with Crippen molar-refractivity contribution >= 4 is 41.0 Å². The Kier molecular flexibility index (Phi) is 5.24. The van der Waals surface area contributed by atoms with Gasteiger partial charge in [-0.05, 0) is 44.1 Å². The van der Waals surface area contributed by atoms with E-state index in [0.29, 0.717) is 5.69 Å². The Morgan fingerprint density at radius 2 is 1.92 bits per heavy atom. The zero-order valence-corrected chi connectivity index (χ0v) is 15.0. The van der Waals surface area contributed by atoms with Crippen LogP contribution in [0.15, 0.2) is 29.3 Å². The standard InChI is InChI=1S/C18H22N4O2S/c1-11-6-8-12(9-7-11)22-17(24)13(16(23)21-18(22)25)10-20-15-5-3-2-4-14(15)19/h6-10,13-15H,2-5,19H2,1H3,(H,21,23,25)/t13-,14+,15-/m1/s1. The third-order valence-electron chi connectivity index (χ3n) is 4.70. The van der Waals surface area contributed by atoms with Crippen LogP contribution in [0, 0.1) is 12.8 Å². The molecule has 132 valence electrons. The van der Waals surface area contributed by atoms with Crippen molar-refractivity contribution in [2.24, 2.45) is 16.6 Å². The molecule has 6 nitrogen and oxygen atoms in total. The maximum atomic E-state index is 12.8. The summed E-state index contributed by atoms with van der Waals surface area (Å²) in [5.41, 5.74) is 7.80. The van der Waals surface area contributed by atoms with E-state index in [1.54, 1.807) is 0 Å². The first-order chi connectivity index (χ1) is 12.0. The number of thiocarbonyl (C=S) groups is 1. The van der Waals surface area contributed by atoms with Gasteiger partial charge in [-0.2, -0.15) is 0 Å². The van der Waals surface area contributed by atoms with Gasteiger partial charge in [0, 0.05) is 12.3 Å². The Labute approximate surface area is 152 Å². The summed E-state index contributed by atoms with van der Waals surface area (Å²) in [6.45, 7) is 1.96. The lowest BCUT2D eigenvalue weighted by Gasteiger charge is -2.31. The van der Waals surface area contributed by atoms with Crippen LogP contribution in [0.2, 0.25) is 0 Å². The van der Waals surface area contributed by atoms with Crippen molar-refractivity contribution < 1.29 is 9.59 Å². The van der Waals surface area contributed by atoms with Gasteiger partial charge < -0.3 is 11.1 Å². The topological polar surface area (TPSA) is 87.8 Å². The van der Waals surface area contributed by atoms with Crippen molar-refractivity contribution in [2.75, 3.05) is 4.90 Å². The number of rotatable bonds is 3. The van der Waals surface area contributed by atoms with E-state index in [4.69, 9.17) is 18.0 Å². The Hall–Kier alpha value is -2.12. The zero-order chi connectivity index (χ0) is 18.0. The van der Waals surface area contributed by atoms with Crippen LogP contribution >= 0.6 is 12.2 Å². The Balaban J connectivity index is 1.81. The molecular formula is C18H22N4O2S. The van der Waals surface area contributed by atoms with Crippen LogP contribution < -0.4 is 16.0 Å². The molecule has 0 bridgehead atoms. The summed E-state index contributed by atoms with van der Waals surface area (Å²) < 4.78 is 0. The molecule has 1 aliphatic carbocycles. The molecule has 1 saturated carbocycles. The number of aryl methyl sites for hydroxylation is 1. The molecule has 25 heavy (non-hydrogen) atoms. The molecule has 0 spiro atoms. The molecule has 1 aromatic carbocycles.